The van der Waals surface area contributed by atoms with Crippen LogP contribution in [-0.4, -0.2) is 22.6 Å². The molecule has 0 amide bonds. The first kappa shape index (κ1) is 24.6. The third-order valence-electron chi connectivity index (χ3n) is 5.70. The number of benzene rings is 3. The van der Waals surface area contributed by atoms with E-state index >= 15 is 0 Å². The van der Waals surface area contributed by atoms with Crippen molar-refractivity contribution in [2.75, 3.05) is 11.4 Å². The second kappa shape index (κ2) is 11.3. The molecule has 0 aliphatic rings. The van der Waals surface area contributed by atoms with Gasteiger partial charge < -0.3 is 10.0 Å². The Labute approximate surface area is 209 Å². The van der Waals surface area contributed by atoms with Crippen molar-refractivity contribution in [3.8, 4) is 22.4 Å². The average Bonchev–Trinajstić information content (AvgIpc) is 3.26. The minimum absolute atomic E-state index is 0.0492. The lowest BCUT2D eigenvalue weighted by molar-refractivity contribution is -0.136. The van der Waals surface area contributed by atoms with Gasteiger partial charge in [0.15, 0.2) is 5.13 Å². The van der Waals surface area contributed by atoms with Crippen molar-refractivity contribution in [2.45, 2.75) is 33.2 Å². The standard InChI is InChI=1S/C29H29FN2O2S/c1-20(2)18-26-28(24-10-8-22(9-11-24)23-12-14-25(30)15-13-23)31-29(35-26)32(17-16-27(33)34)19-21-6-4-3-5-7-21/h3-15,20H,16-19H2,1-2H3,(H,33,34). The number of carboxylic acids is 1. The van der Waals surface area contributed by atoms with Crippen LogP contribution in [0.1, 0.15) is 30.7 Å². The number of aliphatic carboxylic acids is 1. The predicted molar refractivity (Wildman–Crippen MR) is 141 cm³/mol. The molecule has 4 nitrogen and oxygen atoms in total. The molecule has 1 heterocycles. The fourth-order valence-corrected chi connectivity index (χ4v) is 5.27. The average molecular weight is 489 g/mol. The van der Waals surface area contributed by atoms with E-state index in [0.29, 0.717) is 19.0 Å². The van der Waals surface area contributed by atoms with Gasteiger partial charge in [-0.25, -0.2) is 9.37 Å². The zero-order valence-electron chi connectivity index (χ0n) is 19.9. The highest BCUT2D eigenvalue weighted by atomic mass is 32.1. The lowest BCUT2D eigenvalue weighted by Gasteiger charge is -2.21. The van der Waals surface area contributed by atoms with Gasteiger partial charge in [-0.15, -0.1) is 11.3 Å². The van der Waals surface area contributed by atoms with E-state index in [1.165, 1.54) is 17.0 Å². The number of anilines is 1. The highest BCUT2D eigenvalue weighted by Crippen LogP contribution is 2.36. The Morgan fingerprint density at radius 1 is 0.943 bits per heavy atom. The Morgan fingerprint density at radius 2 is 1.54 bits per heavy atom. The zero-order valence-corrected chi connectivity index (χ0v) is 20.8. The summed E-state index contributed by atoms with van der Waals surface area (Å²) in [6, 6.07) is 24.7. The molecule has 0 unspecified atom stereocenters. The molecule has 0 bridgehead atoms. The van der Waals surface area contributed by atoms with Crippen LogP contribution in [0.25, 0.3) is 22.4 Å². The minimum Gasteiger partial charge on any atom is -0.481 e. The zero-order chi connectivity index (χ0) is 24.8. The molecule has 180 valence electrons. The first-order chi connectivity index (χ1) is 16.9. The normalized spacial score (nSPS) is 11.1. The summed E-state index contributed by atoms with van der Waals surface area (Å²) in [5, 5.41) is 10.1. The summed E-state index contributed by atoms with van der Waals surface area (Å²) >= 11 is 1.64. The van der Waals surface area contributed by atoms with E-state index in [2.05, 4.69) is 30.9 Å². The molecule has 4 rings (SSSR count). The van der Waals surface area contributed by atoms with Gasteiger partial charge in [0.25, 0.3) is 0 Å². The largest absolute Gasteiger partial charge is 0.481 e. The van der Waals surface area contributed by atoms with Gasteiger partial charge in [-0.3, -0.25) is 4.79 Å². The van der Waals surface area contributed by atoms with Crippen LogP contribution in [0.4, 0.5) is 9.52 Å². The second-order valence-corrected chi connectivity index (χ2v) is 10.1. The van der Waals surface area contributed by atoms with Crippen LogP contribution in [0.2, 0.25) is 0 Å². The topological polar surface area (TPSA) is 53.4 Å². The number of hydrogen-bond donors (Lipinski definition) is 1. The maximum absolute atomic E-state index is 13.3. The van der Waals surface area contributed by atoms with Crippen LogP contribution in [0.5, 0.6) is 0 Å². The fraction of sp³-hybridized carbons (Fsp3) is 0.241. The Bertz CT molecular complexity index is 1250. The van der Waals surface area contributed by atoms with E-state index in [1.54, 1.807) is 23.5 Å². The SMILES string of the molecule is CC(C)Cc1sc(N(CCC(=O)O)Cc2ccccc2)nc1-c1ccc(-c2ccc(F)cc2)cc1. The molecule has 0 fully saturated rings. The number of hydrogen-bond acceptors (Lipinski definition) is 4. The van der Waals surface area contributed by atoms with Crippen molar-refractivity contribution in [3.05, 3.63) is 95.1 Å². The Balaban J connectivity index is 1.67. The molecule has 0 aliphatic carbocycles. The Morgan fingerprint density at radius 3 is 2.14 bits per heavy atom. The lowest BCUT2D eigenvalue weighted by Crippen LogP contribution is -2.25. The molecular weight excluding hydrogens is 459 g/mol. The van der Waals surface area contributed by atoms with E-state index < -0.39 is 5.97 Å². The summed E-state index contributed by atoms with van der Waals surface area (Å²) in [5.74, 6) is -0.609. The van der Waals surface area contributed by atoms with Gasteiger partial charge in [-0.05, 0) is 41.2 Å². The molecule has 3 aromatic carbocycles. The van der Waals surface area contributed by atoms with Crippen molar-refractivity contribution in [3.63, 3.8) is 0 Å². The second-order valence-electron chi connectivity index (χ2n) is 9.00. The maximum Gasteiger partial charge on any atom is 0.305 e. The maximum atomic E-state index is 13.3. The molecule has 0 radical (unpaired) electrons. The van der Waals surface area contributed by atoms with Gasteiger partial charge in [0, 0.05) is 23.5 Å². The van der Waals surface area contributed by atoms with Crippen molar-refractivity contribution in [1.82, 2.24) is 4.98 Å². The molecule has 0 saturated carbocycles. The van der Waals surface area contributed by atoms with Crippen LogP contribution >= 0.6 is 11.3 Å². The summed E-state index contributed by atoms with van der Waals surface area (Å²) in [6.45, 7) is 5.37. The smallest absolute Gasteiger partial charge is 0.305 e. The molecule has 35 heavy (non-hydrogen) atoms. The molecule has 0 saturated heterocycles. The number of carboxylic acid groups (broad SMARTS) is 1. The molecule has 1 aromatic heterocycles. The first-order valence-corrected chi connectivity index (χ1v) is 12.6. The van der Waals surface area contributed by atoms with E-state index in [0.717, 1.165) is 39.5 Å². The number of thiazole rings is 1. The third kappa shape index (κ3) is 6.55. The summed E-state index contributed by atoms with van der Waals surface area (Å²) in [5.41, 5.74) is 5.05. The number of rotatable bonds is 10. The monoisotopic (exact) mass is 488 g/mol. The summed E-state index contributed by atoms with van der Waals surface area (Å²) in [7, 11) is 0. The third-order valence-corrected chi connectivity index (χ3v) is 6.84. The van der Waals surface area contributed by atoms with Crippen LogP contribution in [0.3, 0.4) is 0 Å². The van der Waals surface area contributed by atoms with Gasteiger partial charge in [0.2, 0.25) is 0 Å². The Kier molecular flexibility index (Phi) is 7.93. The molecular formula is C29H29FN2O2S. The van der Waals surface area contributed by atoms with Crippen LogP contribution < -0.4 is 4.90 Å². The van der Waals surface area contributed by atoms with E-state index in [1.807, 2.05) is 42.5 Å². The van der Waals surface area contributed by atoms with Crippen LogP contribution in [-0.2, 0) is 17.8 Å². The molecule has 1 N–H and O–H groups in total. The predicted octanol–water partition coefficient (Wildman–Crippen LogP) is 7.30. The van der Waals surface area contributed by atoms with Gasteiger partial charge in [-0.1, -0.05) is 80.6 Å². The van der Waals surface area contributed by atoms with Crippen molar-refractivity contribution in [1.29, 1.82) is 0 Å². The summed E-state index contributed by atoms with van der Waals surface area (Å²) in [6.07, 6.45) is 0.943. The number of aromatic nitrogens is 1. The van der Waals surface area contributed by atoms with Crippen LogP contribution in [0, 0.1) is 11.7 Å². The number of nitrogens with zero attached hydrogens (tertiary/aromatic N) is 2. The minimum atomic E-state index is -0.821. The van der Waals surface area contributed by atoms with E-state index in [9.17, 15) is 14.3 Å². The van der Waals surface area contributed by atoms with Crippen LogP contribution in [0.15, 0.2) is 78.9 Å². The van der Waals surface area contributed by atoms with Gasteiger partial charge in [0.05, 0.1) is 12.1 Å². The van der Waals surface area contributed by atoms with Crippen molar-refractivity contribution < 1.29 is 14.3 Å². The summed E-state index contributed by atoms with van der Waals surface area (Å²) in [4.78, 5) is 19.6. The molecule has 0 spiro atoms. The fourth-order valence-electron chi connectivity index (χ4n) is 3.95. The Hall–Kier alpha value is -3.51. The molecule has 4 aromatic rings. The van der Waals surface area contributed by atoms with Crippen molar-refractivity contribution in [2.24, 2.45) is 5.92 Å². The van der Waals surface area contributed by atoms with Gasteiger partial charge in [-0.2, -0.15) is 0 Å². The van der Waals surface area contributed by atoms with Gasteiger partial charge >= 0.3 is 5.97 Å². The quantitative estimate of drug-likeness (QED) is 0.255. The molecule has 0 atom stereocenters. The van der Waals surface area contributed by atoms with Gasteiger partial charge in [0.1, 0.15) is 5.82 Å². The van der Waals surface area contributed by atoms with E-state index in [-0.39, 0.29) is 12.2 Å². The lowest BCUT2D eigenvalue weighted by atomic mass is 10.0. The highest BCUT2D eigenvalue weighted by Gasteiger charge is 2.19. The highest BCUT2D eigenvalue weighted by molar-refractivity contribution is 7.16. The first-order valence-electron chi connectivity index (χ1n) is 11.8. The summed E-state index contributed by atoms with van der Waals surface area (Å²) < 4.78 is 13.3. The molecule has 0 aliphatic heterocycles. The van der Waals surface area contributed by atoms with Crippen molar-refractivity contribution >= 4 is 22.4 Å². The molecule has 6 heteroatoms. The number of carbonyl (C=O) groups is 1. The van der Waals surface area contributed by atoms with E-state index in [4.69, 9.17) is 4.98 Å². The number of halogens is 1.